The van der Waals surface area contributed by atoms with Gasteiger partial charge in [0, 0.05) is 18.0 Å². The van der Waals surface area contributed by atoms with Gasteiger partial charge in [-0.3, -0.25) is 9.59 Å². The second-order valence-electron chi connectivity index (χ2n) is 7.09. The van der Waals surface area contributed by atoms with Crippen molar-refractivity contribution in [3.05, 3.63) is 40.3 Å². The zero-order valence-electron chi connectivity index (χ0n) is 15.7. The first kappa shape index (κ1) is 19.5. The predicted octanol–water partition coefficient (Wildman–Crippen LogP) is 1.52. The van der Waals surface area contributed by atoms with Crippen molar-refractivity contribution < 1.29 is 13.2 Å². The molecule has 1 amide bonds. The van der Waals surface area contributed by atoms with Gasteiger partial charge in [0.25, 0.3) is 5.56 Å². The van der Waals surface area contributed by atoms with E-state index in [2.05, 4.69) is 5.10 Å². The molecule has 2 heterocycles. The summed E-state index contributed by atoms with van der Waals surface area (Å²) in [5.74, 6) is -0.141. The minimum Gasteiger partial charge on any atom is -0.337 e. The molecular weight excluding hydrogens is 366 g/mol. The standard InChI is InChI=1S/C19H25N3O4S/c1-3-4-10-21(15-9-11-27(25,26)13-15)18(23)12-22-19(24)17-8-6-5-7-16(17)14(2)20-22/h5-8,15H,3-4,9-13H2,1-2H3. The molecule has 1 unspecified atom stereocenters. The molecule has 0 aliphatic carbocycles. The minimum absolute atomic E-state index is 0.00152. The maximum Gasteiger partial charge on any atom is 0.275 e. The average molecular weight is 391 g/mol. The number of benzene rings is 1. The van der Waals surface area contributed by atoms with Gasteiger partial charge in [0.2, 0.25) is 5.91 Å². The topological polar surface area (TPSA) is 89.3 Å². The first-order chi connectivity index (χ1) is 12.8. The van der Waals surface area contributed by atoms with E-state index >= 15 is 0 Å². The number of amides is 1. The third-order valence-corrected chi connectivity index (χ3v) is 6.81. The van der Waals surface area contributed by atoms with E-state index < -0.39 is 9.84 Å². The van der Waals surface area contributed by atoms with E-state index in [1.165, 1.54) is 4.68 Å². The number of carbonyl (C=O) groups is 1. The van der Waals surface area contributed by atoms with Crippen LogP contribution in [0.1, 0.15) is 31.9 Å². The molecule has 1 saturated heterocycles. The van der Waals surface area contributed by atoms with Gasteiger partial charge in [-0.2, -0.15) is 5.10 Å². The van der Waals surface area contributed by atoms with Crippen molar-refractivity contribution in [2.45, 2.75) is 45.7 Å². The fourth-order valence-corrected chi connectivity index (χ4v) is 5.32. The third kappa shape index (κ3) is 4.21. The third-order valence-electron chi connectivity index (χ3n) is 5.06. The SMILES string of the molecule is CCCCN(C(=O)Cn1nc(C)c2ccccc2c1=O)C1CCS(=O)(=O)C1. The Labute approximate surface area is 158 Å². The lowest BCUT2D eigenvalue weighted by Crippen LogP contribution is -2.45. The Morgan fingerprint density at radius 2 is 2.00 bits per heavy atom. The zero-order valence-corrected chi connectivity index (χ0v) is 16.5. The highest BCUT2D eigenvalue weighted by Gasteiger charge is 2.34. The zero-order chi connectivity index (χ0) is 19.6. The van der Waals surface area contributed by atoms with Crippen LogP contribution in [0.3, 0.4) is 0 Å². The molecule has 1 aliphatic heterocycles. The summed E-state index contributed by atoms with van der Waals surface area (Å²) >= 11 is 0. The predicted molar refractivity (Wildman–Crippen MR) is 104 cm³/mol. The van der Waals surface area contributed by atoms with Gasteiger partial charge in [-0.1, -0.05) is 31.5 Å². The van der Waals surface area contributed by atoms with Gasteiger partial charge in [0.15, 0.2) is 9.84 Å². The van der Waals surface area contributed by atoms with Gasteiger partial charge in [0.05, 0.1) is 22.6 Å². The molecule has 146 valence electrons. The summed E-state index contributed by atoms with van der Waals surface area (Å²) in [6.45, 7) is 4.15. The van der Waals surface area contributed by atoms with Gasteiger partial charge in [-0.05, 0) is 25.8 Å². The molecule has 0 spiro atoms. The second-order valence-corrected chi connectivity index (χ2v) is 9.32. The summed E-state index contributed by atoms with van der Waals surface area (Å²) in [5.41, 5.74) is 0.376. The van der Waals surface area contributed by atoms with E-state index in [0.29, 0.717) is 24.0 Å². The van der Waals surface area contributed by atoms with E-state index in [4.69, 9.17) is 0 Å². The summed E-state index contributed by atoms with van der Waals surface area (Å²) < 4.78 is 24.9. The van der Waals surface area contributed by atoms with E-state index in [9.17, 15) is 18.0 Å². The Balaban J connectivity index is 1.88. The van der Waals surface area contributed by atoms with Crippen molar-refractivity contribution in [1.82, 2.24) is 14.7 Å². The largest absolute Gasteiger partial charge is 0.337 e. The van der Waals surface area contributed by atoms with Crippen LogP contribution in [-0.2, 0) is 21.2 Å². The highest BCUT2D eigenvalue weighted by molar-refractivity contribution is 7.91. The van der Waals surface area contributed by atoms with Gasteiger partial charge >= 0.3 is 0 Å². The van der Waals surface area contributed by atoms with Crippen LogP contribution in [0.2, 0.25) is 0 Å². The number of aryl methyl sites for hydroxylation is 1. The molecule has 1 aromatic carbocycles. The molecular formula is C19H25N3O4S. The summed E-state index contributed by atoms with van der Waals surface area (Å²) in [6.07, 6.45) is 2.15. The normalized spacial score (nSPS) is 18.7. The van der Waals surface area contributed by atoms with Crippen LogP contribution in [0.15, 0.2) is 29.1 Å². The van der Waals surface area contributed by atoms with Crippen molar-refractivity contribution in [3.63, 3.8) is 0 Å². The molecule has 1 aliphatic rings. The average Bonchev–Trinajstić information content (AvgIpc) is 2.99. The van der Waals surface area contributed by atoms with Crippen molar-refractivity contribution >= 4 is 26.5 Å². The number of unbranched alkanes of at least 4 members (excludes halogenated alkanes) is 1. The molecule has 3 rings (SSSR count). The first-order valence-electron chi connectivity index (χ1n) is 9.28. The number of rotatable bonds is 6. The van der Waals surface area contributed by atoms with Gasteiger partial charge in [0.1, 0.15) is 6.54 Å². The fourth-order valence-electron chi connectivity index (χ4n) is 3.59. The number of fused-ring (bicyclic) bond motifs is 1. The first-order valence-corrected chi connectivity index (χ1v) is 11.1. The van der Waals surface area contributed by atoms with Gasteiger partial charge in [-0.15, -0.1) is 0 Å². The Hall–Kier alpha value is -2.22. The maximum absolute atomic E-state index is 12.9. The molecule has 0 saturated carbocycles. The summed E-state index contributed by atoms with van der Waals surface area (Å²) in [4.78, 5) is 27.3. The Bertz CT molecular complexity index is 1010. The quantitative estimate of drug-likeness (QED) is 0.745. The number of carbonyl (C=O) groups excluding carboxylic acids is 1. The number of aromatic nitrogens is 2. The number of hydrogen-bond acceptors (Lipinski definition) is 5. The molecule has 0 radical (unpaired) electrons. The minimum atomic E-state index is -3.09. The molecule has 1 atom stereocenters. The smallest absolute Gasteiger partial charge is 0.275 e. The Kier molecular flexibility index (Phi) is 5.64. The molecule has 7 nitrogen and oxygen atoms in total. The van der Waals surface area contributed by atoms with Crippen LogP contribution in [0.25, 0.3) is 10.8 Å². The van der Waals surface area contributed by atoms with Crippen LogP contribution < -0.4 is 5.56 Å². The highest BCUT2D eigenvalue weighted by atomic mass is 32.2. The lowest BCUT2D eigenvalue weighted by molar-refractivity contribution is -0.134. The van der Waals surface area contributed by atoms with Gasteiger partial charge < -0.3 is 4.90 Å². The van der Waals surface area contributed by atoms with E-state index in [0.717, 1.165) is 18.2 Å². The number of sulfone groups is 1. The Morgan fingerprint density at radius 3 is 2.63 bits per heavy atom. The molecule has 0 bridgehead atoms. The van der Waals surface area contributed by atoms with Crippen LogP contribution in [0, 0.1) is 6.92 Å². The van der Waals surface area contributed by atoms with Crippen molar-refractivity contribution in [2.24, 2.45) is 0 Å². The molecule has 2 aromatic rings. The van der Waals surface area contributed by atoms with Crippen LogP contribution in [0.5, 0.6) is 0 Å². The fraction of sp³-hybridized carbons (Fsp3) is 0.526. The van der Waals surface area contributed by atoms with Gasteiger partial charge in [-0.25, -0.2) is 13.1 Å². The molecule has 8 heteroatoms. The Morgan fingerprint density at radius 1 is 1.30 bits per heavy atom. The summed E-state index contributed by atoms with van der Waals surface area (Å²) in [7, 11) is -3.09. The molecule has 1 aromatic heterocycles. The van der Waals surface area contributed by atoms with E-state index in [-0.39, 0.29) is 35.6 Å². The van der Waals surface area contributed by atoms with Crippen LogP contribution in [-0.4, -0.2) is 53.1 Å². The second kappa shape index (κ2) is 7.80. The molecule has 27 heavy (non-hydrogen) atoms. The number of hydrogen-bond donors (Lipinski definition) is 0. The van der Waals surface area contributed by atoms with Crippen molar-refractivity contribution in [3.8, 4) is 0 Å². The lowest BCUT2D eigenvalue weighted by atomic mass is 10.1. The van der Waals surface area contributed by atoms with E-state index in [1.807, 2.05) is 19.1 Å². The lowest BCUT2D eigenvalue weighted by Gasteiger charge is -2.28. The monoisotopic (exact) mass is 391 g/mol. The van der Waals surface area contributed by atoms with E-state index in [1.54, 1.807) is 24.0 Å². The highest BCUT2D eigenvalue weighted by Crippen LogP contribution is 2.19. The van der Waals surface area contributed by atoms with Crippen LogP contribution in [0.4, 0.5) is 0 Å². The molecule has 0 N–H and O–H groups in total. The molecule has 1 fully saturated rings. The summed E-state index contributed by atoms with van der Waals surface area (Å²) in [6, 6.07) is 6.88. The van der Waals surface area contributed by atoms with Crippen molar-refractivity contribution in [2.75, 3.05) is 18.1 Å². The summed E-state index contributed by atoms with van der Waals surface area (Å²) in [5, 5.41) is 5.60. The maximum atomic E-state index is 12.9. The number of nitrogens with zero attached hydrogens (tertiary/aromatic N) is 3. The van der Waals surface area contributed by atoms with Crippen LogP contribution >= 0.6 is 0 Å². The van der Waals surface area contributed by atoms with Crippen molar-refractivity contribution in [1.29, 1.82) is 0 Å².